The Bertz CT molecular complexity index is 856. The van der Waals surface area contributed by atoms with E-state index in [-0.39, 0.29) is 0 Å². The normalized spacial score (nSPS) is 11.7. The van der Waals surface area contributed by atoms with E-state index in [1.54, 1.807) is 6.07 Å². The summed E-state index contributed by atoms with van der Waals surface area (Å²) in [6.07, 6.45) is -4.33. The molecule has 0 spiro atoms. The highest BCUT2D eigenvalue weighted by Crippen LogP contribution is 2.32. The van der Waals surface area contributed by atoms with Crippen molar-refractivity contribution in [1.82, 2.24) is 15.0 Å². The van der Waals surface area contributed by atoms with Crippen LogP contribution >= 0.6 is 23.1 Å². The molecule has 0 bridgehead atoms. The highest BCUT2D eigenvalue weighted by molar-refractivity contribution is 7.98. The number of nitrogens with zero attached hydrogens (tertiary/aromatic N) is 3. The van der Waals surface area contributed by atoms with E-state index in [0.717, 1.165) is 23.5 Å². The quantitative estimate of drug-likeness (QED) is 0.519. The van der Waals surface area contributed by atoms with Gasteiger partial charge in [-0.3, -0.25) is 0 Å². The first-order valence-electron chi connectivity index (χ1n) is 7.17. The van der Waals surface area contributed by atoms with Crippen LogP contribution in [0, 0.1) is 6.92 Å². The molecule has 0 atom stereocenters. The Morgan fingerprint density at radius 3 is 2.48 bits per heavy atom. The van der Waals surface area contributed by atoms with Gasteiger partial charge in [-0.25, -0.2) is 15.0 Å². The molecule has 2 aromatic heterocycles. The zero-order valence-electron chi connectivity index (χ0n) is 13.0. The van der Waals surface area contributed by atoms with Crippen molar-refractivity contribution >= 4 is 28.9 Å². The second kappa shape index (κ2) is 7.01. The van der Waals surface area contributed by atoms with Crippen molar-refractivity contribution < 1.29 is 13.2 Å². The lowest BCUT2D eigenvalue weighted by atomic mass is 10.1. The Hall–Kier alpha value is -2.13. The number of halogens is 3. The summed E-state index contributed by atoms with van der Waals surface area (Å²) in [6, 6.07) is 6.69. The molecule has 0 saturated carbocycles. The summed E-state index contributed by atoms with van der Waals surface area (Å²) in [4.78, 5) is 12.9. The fourth-order valence-corrected chi connectivity index (χ4v) is 3.81. The number of thiazole rings is 1. The lowest BCUT2D eigenvalue weighted by Gasteiger charge is -2.06. The monoisotopic (exact) mass is 382 g/mol. The van der Waals surface area contributed by atoms with E-state index < -0.39 is 11.7 Å². The SMILES string of the molecule is Cc1cc(N)nc(SCc2csc(-c3ccc(C(F)(F)F)cc3)n2)n1. The van der Waals surface area contributed by atoms with Crippen LogP contribution in [0.5, 0.6) is 0 Å². The van der Waals surface area contributed by atoms with Gasteiger partial charge in [0.2, 0.25) is 0 Å². The fourth-order valence-electron chi connectivity index (χ4n) is 2.08. The van der Waals surface area contributed by atoms with Gasteiger partial charge in [0, 0.05) is 28.5 Å². The number of nitrogens with two attached hydrogens (primary N) is 1. The molecule has 0 amide bonds. The summed E-state index contributed by atoms with van der Waals surface area (Å²) in [5, 5.41) is 3.12. The van der Waals surface area contributed by atoms with Crippen LogP contribution in [0.3, 0.4) is 0 Å². The minimum Gasteiger partial charge on any atom is -0.384 e. The first kappa shape index (κ1) is 17.7. The van der Waals surface area contributed by atoms with Crippen molar-refractivity contribution in [3.05, 3.63) is 52.7 Å². The number of benzene rings is 1. The van der Waals surface area contributed by atoms with Crippen LogP contribution in [0.1, 0.15) is 17.0 Å². The van der Waals surface area contributed by atoms with Crippen molar-refractivity contribution in [3.63, 3.8) is 0 Å². The van der Waals surface area contributed by atoms with E-state index in [9.17, 15) is 13.2 Å². The Balaban J connectivity index is 1.70. The zero-order chi connectivity index (χ0) is 18.0. The molecule has 2 heterocycles. The predicted molar refractivity (Wildman–Crippen MR) is 93.3 cm³/mol. The summed E-state index contributed by atoms with van der Waals surface area (Å²) in [5.41, 5.74) is 7.29. The molecule has 2 N–H and O–H groups in total. The Kier molecular flexibility index (Phi) is 4.96. The van der Waals surface area contributed by atoms with Crippen molar-refractivity contribution in [2.75, 3.05) is 5.73 Å². The Morgan fingerprint density at radius 2 is 1.84 bits per heavy atom. The standard InChI is InChI=1S/C16H13F3N4S2/c1-9-6-13(20)23-15(21-9)25-8-12-7-24-14(22-12)10-2-4-11(5-3-10)16(17,18)19/h2-7H,8H2,1H3,(H2,20,21,23). The van der Waals surface area contributed by atoms with Crippen LogP contribution in [0.25, 0.3) is 10.6 Å². The van der Waals surface area contributed by atoms with Gasteiger partial charge in [0.05, 0.1) is 11.3 Å². The molecule has 0 radical (unpaired) electrons. The molecule has 4 nitrogen and oxygen atoms in total. The van der Waals surface area contributed by atoms with Gasteiger partial charge in [-0.15, -0.1) is 11.3 Å². The first-order chi connectivity index (χ1) is 11.8. The van der Waals surface area contributed by atoms with Gasteiger partial charge < -0.3 is 5.73 Å². The molecule has 3 rings (SSSR count). The number of alkyl halides is 3. The van der Waals surface area contributed by atoms with Crippen LogP contribution in [0.2, 0.25) is 0 Å². The second-order valence-electron chi connectivity index (χ2n) is 5.22. The van der Waals surface area contributed by atoms with Gasteiger partial charge >= 0.3 is 6.18 Å². The summed E-state index contributed by atoms with van der Waals surface area (Å²) >= 11 is 2.80. The van der Waals surface area contributed by atoms with Crippen LogP contribution in [0.4, 0.5) is 19.0 Å². The van der Waals surface area contributed by atoms with Crippen LogP contribution in [0.15, 0.2) is 40.9 Å². The van der Waals surface area contributed by atoms with Crippen LogP contribution in [-0.4, -0.2) is 15.0 Å². The average Bonchev–Trinajstić information content (AvgIpc) is 3.00. The smallest absolute Gasteiger partial charge is 0.384 e. The average molecular weight is 382 g/mol. The van der Waals surface area contributed by atoms with E-state index in [0.29, 0.717) is 27.3 Å². The molecule has 0 aliphatic heterocycles. The molecule has 0 aliphatic rings. The van der Waals surface area contributed by atoms with E-state index in [1.807, 2.05) is 12.3 Å². The largest absolute Gasteiger partial charge is 0.416 e. The lowest BCUT2D eigenvalue weighted by molar-refractivity contribution is -0.137. The van der Waals surface area contributed by atoms with Gasteiger partial charge in [-0.05, 0) is 19.1 Å². The van der Waals surface area contributed by atoms with E-state index in [4.69, 9.17) is 5.73 Å². The third-order valence-corrected chi connectivity index (χ3v) is 5.03. The van der Waals surface area contributed by atoms with E-state index in [2.05, 4.69) is 15.0 Å². The molecule has 25 heavy (non-hydrogen) atoms. The minimum atomic E-state index is -4.33. The van der Waals surface area contributed by atoms with E-state index >= 15 is 0 Å². The number of thioether (sulfide) groups is 1. The maximum Gasteiger partial charge on any atom is 0.416 e. The summed E-state index contributed by atoms with van der Waals surface area (Å²) in [7, 11) is 0. The van der Waals surface area contributed by atoms with Crippen LogP contribution < -0.4 is 5.73 Å². The molecule has 0 saturated heterocycles. The molecule has 3 aromatic rings. The molecule has 9 heteroatoms. The highest BCUT2D eigenvalue weighted by atomic mass is 32.2. The molecule has 0 aliphatic carbocycles. The zero-order valence-corrected chi connectivity index (χ0v) is 14.7. The van der Waals surface area contributed by atoms with Crippen LogP contribution in [-0.2, 0) is 11.9 Å². The van der Waals surface area contributed by atoms with Gasteiger partial charge in [0.1, 0.15) is 10.8 Å². The lowest BCUT2D eigenvalue weighted by Crippen LogP contribution is -2.03. The first-order valence-corrected chi connectivity index (χ1v) is 9.04. The molecular weight excluding hydrogens is 369 g/mol. The van der Waals surface area contributed by atoms with Crippen molar-refractivity contribution in [2.45, 2.75) is 24.0 Å². The predicted octanol–water partition coefficient (Wildman–Crippen LogP) is 4.80. The summed E-state index contributed by atoms with van der Waals surface area (Å²) in [5.74, 6) is 0.971. The minimum absolute atomic E-state index is 0.415. The topological polar surface area (TPSA) is 64.7 Å². The Morgan fingerprint density at radius 1 is 1.12 bits per heavy atom. The summed E-state index contributed by atoms with van der Waals surface area (Å²) in [6.45, 7) is 1.84. The fraction of sp³-hybridized carbons (Fsp3) is 0.188. The number of anilines is 1. The summed E-state index contributed by atoms with van der Waals surface area (Å²) < 4.78 is 37.8. The number of aryl methyl sites for hydroxylation is 1. The third-order valence-electron chi connectivity index (χ3n) is 3.21. The molecule has 1 aromatic carbocycles. The number of nitrogen functional groups attached to an aromatic ring is 1. The molecule has 130 valence electrons. The number of rotatable bonds is 4. The second-order valence-corrected chi connectivity index (χ2v) is 7.03. The maximum atomic E-state index is 12.6. The number of hydrogen-bond acceptors (Lipinski definition) is 6. The van der Waals surface area contributed by atoms with E-state index in [1.165, 1.54) is 35.2 Å². The van der Waals surface area contributed by atoms with Crippen molar-refractivity contribution in [2.24, 2.45) is 0 Å². The van der Waals surface area contributed by atoms with Gasteiger partial charge in [0.15, 0.2) is 5.16 Å². The highest BCUT2D eigenvalue weighted by Gasteiger charge is 2.30. The maximum absolute atomic E-state index is 12.6. The molecule has 0 fully saturated rings. The third kappa shape index (κ3) is 4.49. The van der Waals surface area contributed by atoms with Crippen molar-refractivity contribution in [1.29, 1.82) is 0 Å². The van der Waals surface area contributed by atoms with Gasteiger partial charge in [0.25, 0.3) is 0 Å². The van der Waals surface area contributed by atoms with Crippen molar-refractivity contribution in [3.8, 4) is 10.6 Å². The van der Waals surface area contributed by atoms with Gasteiger partial charge in [-0.2, -0.15) is 13.2 Å². The van der Waals surface area contributed by atoms with Gasteiger partial charge in [-0.1, -0.05) is 23.9 Å². The number of hydrogen-bond donors (Lipinski definition) is 1. The number of aromatic nitrogens is 3. The molecular formula is C16H13F3N4S2. The Labute approximate surface area is 150 Å². The molecule has 0 unspecified atom stereocenters.